The summed E-state index contributed by atoms with van der Waals surface area (Å²) in [5, 5.41) is 5.97. The molecule has 5 nitrogen and oxygen atoms in total. The predicted molar refractivity (Wildman–Crippen MR) is 108 cm³/mol. The minimum absolute atomic E-state index is 0. The van der Waals surface area contributed by atoms with Crippen LogP contribution in [0.5, 0.6) is 11.5 Å². The summed E-state index contributed by atoms with van der Waals surface area (Å²) in [6.07, 6.45) is 0. The molecule has 0 aliphatic carbocycles. The van der Waals surface area contributed by atoms with Gasteiger partial charge < -0.3 is 20.1 Å². The van der Waals surface area contributed by atoms with Crippen LogP contribution in [0.3, 0.4) is 0 Å². The van der Waals surface area contributed by atoms with Gasteiger partial charge in [0.15, 0.2) is 5.96 Å². The molecule has 0 atom stereocenters. The quantitative estimate of drug-likeness (QED) is 0.278. The third-order valence-corrected chi connectivity index (χ3v) is 3.40. The van der Waals surface area contributed by atoms with Gasteiger partial charge in [-0.3, -0.25) is 4.99 Å². The molecular formula is C18H22F2IN3O2. The number of aliphatic imine (C=N–C) groups is 1. The van der Waals surface area contributed by atoms with E-state index >= 15 is 0 Å². The normalized spacial score (nSPS) is 10.7. The van der Waals surface area contributed by atoms with Crippen molar-refractivity contribution in [2.75, 3.05) is 27.3 Å². The predicted octanol–water partition coefficient (Wildman–Crippen LogP) is 3.34. The average molecular weight is 477 g/mol. The molecule has 0 aromatic heterocycles. The number of nitrogens with one attached hydrogen (secondary N) is 2. The lowest BCUT2D eigenvalue weighted by Crippen LogP contribution is -2.39. The van der Waals surface area contributed by atoms with Crippen molar-refractivity contribution in [1.29, 1.82) is 0 Å². The van der Waals surface area contributed by atoms with E-state index < -0.39 is 11.6 Å². The summed E-state index contributed by atoms with van der Waals surface area (Å²) >= 11 is 0. The summed E-state index contributed by atoms with van der Waals surface area (Å²) < 4.78 is 37.4. The van der Waals surface area contributed by atoms with Crippen LogP contribution in [0, 0.1) is 11.6 Å². The van der Waals surface area contributed by atoms with Gasteiger partial charge in [0, 0.05) is 19.2 Å². The van der Waals surface area contributed by atoms with Crippen molar-refractivity contribution >= 4 is 29.9 Å². The Bertz CT molecular complexity index is 712. The number of hydrogen-bond acceptors (Lipinski definition) is 3. The van der Waals surface area contributed by atoms with Gasteiger partial charge >= 0.3 is 0 Å². The Balaban J connectivity index is 0.00000338. The van der Waals surface area contributed by atoms with Gasteiger partial charge in [-0.05, 0) is 42.5 Å². The van der Waals surface area contributed by atoms with Crippen LogP contribution in [0.15, 0.2) is 47.5 Å². The van der Waals surface area contributed by atoms with Gasteiger partial charge in [-0.25, -0.2) is 8.78 Å². The molecule has 26 heavy (non-hydrogen) atoms. The van der Waals surface area contributed by atoms with Gasteiger partial charge in [0.05, 0.1) is 13.7 Å². The van der Waals surface area contributed by atoms with E-state index in [2.05, 4.69) is 15.6 Å². The summed E-state index contributed by atoms with van der Waals surface area (Å²) in [5.74, 6) is 1.02. The molecule has 0 fully saturated rings. The van der Waals surface area contributed by atoms with E-state index in [-0.39, 0.29) is 36.1 Å². The Morgan fingerprint density at radius 2 is 1.73 bits per heavy atom. The number of methoxy groups -OCH3 is 1. The van der Waals surface area contributed by atoms with E-state index in [0.717, 1.165) is 29.7 Å². The molecule has 0 radical (unpaired) electrons. The van der Waals surface area contributed by atoms with Crippen LogP contribution >= 0.6 is 24.0 Å². The van der Waals surface area contributed by atoms with Crippen LogP contribution < -0.4 is 20.1 Å². The number of guanidine groups is 1. The van der Waals surface area contributed by atoms with Crippen LogP contribution in [0.2, 0.25) is 0 Å². The standard InChI is InChI=1S/C18H21F2N3O2.HI/c1-21-18(23-12-13-11-14(19)3-8-17(13)20)22-9-10-25-16-6-4-15(24-2)5-7-16;/h3-8,11H,9-10,12H2,1-2H3,(H2,21,22,23);1H. The summed E-state index contributed by atoms with van der Waals surface area (Å²) in [6.45, 7) is 1.04. The third kappa shape index (κ3) is 7.03. The van der Waals surface area contributed by atoms with Crippen molar-refractivity contribution in [2.24, 2.45) is 4.99 Å². The molecule has 0 bridgehead atoms. The highest BCUT2D eigenvalue weighted by Gasteiger charge is 2.05. The number of benzene rings is 2. The first-order valence-electron chi connectivity index (χ1n) is 7.77. The fraction of sp³-hybridized carbons (Fsp3) is 0.278. The molecule has 8 heteroatoms. The van der Waals surface area contributed by atoms with Gasteiger partial charge in [-0.1, -0.05) is 0 Å². The van der Waals surface area contributed by atoms with Crippen LogP contribution in [0.1, 0.15) is 5.56 Å². The number of nitrogens with zero attached hydrogens (tertiary/aromatic N) is 1. The molecule has 0 aliphatic rings. The molecule has 0 spiro atoms. The number of hydrogen-bond donors (Lipinski definition) is 2. The molecule has 2 rings (SSSR count). The molecule has 142 valence electrons. The SMILES string of the molecule is CN=C(NCCOc1ccc(OC)cc1)NCc1cc(F)ccc1F.I. The van der Waals surface area contributed by atoms with Crippen LogP contribution in [0.4, 0.5) is 8.78 Å². The molecule has 0 saturated heterocycles. The van der Waals surface area contributed by atoms with Gasteiger partial charge in [0.25, 0.3) is 0 Å². The molecule has 2 aromatic rings. The summed E-state index contributed by atoms with van der Waals surface area (Å²) in [6, 6.07) is 10.6. The second-order valence-corrected chi connectivity index (χ2v) is 5.11. The third-order valence-electron chi connectivity index (χ3n) is 3.40. The Labute approximate surface area is 168 Å². The maximum absolute atomic E-state index is 13.6. The Kier molecular flexibility index (Phi) is 9.71. The second kappa shape index (κ2) is 11.5. The first kappa shape index (κ1) is 21.9. The Hall–Kier alpha value is -2.10. The van der Waals surface area contributed by atoms with Crippen LogP contribution in [-0.4, -0.2) is 33.3 Å². The van der Waals surface area contributed by atoms with E-state index in [9.17, 15) is 8.78 Å². The van der Waals surface area contributed by atoms with Crippen molar-refractivity contribution in [3.63, 3.8) is 0 Å². The molecular weight excluding hydrogens is 455 g/mol. The lowest BCUT2D eigenvalue weighted by molar-refractivity contribution is 0.321. The molecule has 0 saturated carbocycles. The van der Waals surface area contributed by atoms with Gasteiger partial charge in [0.1, 0.15) is 29.7 Å². The highest BCUT2D eigenvalue weighted by molar-refractivity contribution is 14.0. The summed E-state index contributed by atoms with van der Waals surface area (Å²) in [7, 11) is 3.20. The lowest BCUT2D eigenvalue weighted by atomic mass is 10.2. The molecule has 2 N–H and O–H groups in total. The van der Waals surface area contributed by atoms with E-state index in [4.69, 9.17) is 9.47 Å². The van der Waals surface area contributed by atoms with Gasteiger partial charge in [-0.2, -0.15) is 0 Å². The molecule has 0 aliphatic heterocycles. The van der Waals surface area contributed by atoms with E-state index in [1.807, 2.05) is 24.3 Å². The number of rotatable bonds is 7. The average Bonchev–Trinajstić information content (AvgIpc) is 2.64. The van der Waals surface area contributed by atoms with E-state index in [1.54, 1.807) is 14.2 Å². The lowest BCUT2D eigenvalue weighted by Gasteiger charge is -2.13. The van der Waals surface area contributed by atoms with Crippen LogP contribution in [0.25, 0.3) is 0 Å². The van der Waals surface area contributed by atoms with Crippen molar-refractivity contribution in [1.82, 2.24) is 10.6 Å². The summed E-state index contributed by atoms with van der Waals surface area (Å²) in [5.41, 5.74) is 0.234. The Morgan fingerprint density at radius 1 is 1.04 bits per heavy atom. The second-order valence-electron chi connectivity index (χ2n) is 5.11. The first-order valence-corrected chi connectivity index (χ1v) is 7.77. The van der Waals surface area contributed by atoms with Gasteiger partial charge in [-0.15, -0.1) is 24.0 Å². The fourth-order valence-electron chi connectivity index (χ4n) is 2.09. The van der Waals surface area contributed by atoms with Crippen molar-refractivity contribution in [2.45, 2.75) is 6.54 Å². The number of ether oxygens (including phenoxy) is 2. The smallest absolute Gasteiger partial charge is 0.191 e. The van der Waals surface area contributed by atoms with Crippen molar-refractivity contribution in [3.05, 3.63) is 59.7 Å². The maximum Gasteiger partial charge on any atom is 0.191 e. The van der Waals surface area contributed by atoms with Crippen molar-refractivity contribution < 1.29 is 18.3 Å². The highest BCUT2D eigenvalue weighted by atomic mass is 127. The minimum Gasteiger partial charge on any atom is -0.497 e. The zero-order valence-electron chi connectivity index (χ0n) is 14.6. The number of halogens is 3. The van der Waals surface area contributed by atoms with Crippen molar-refractivity contribution in [3.8, 4) is 11.5 Å². The van der Waals surface area contributed by atoms with E-state index in [0.29, 0.717) is 19.1 Å². The highest BCUT2D eigenvalue weighted by Crippen LogP contribution is 2.16. The molecule has 0 heterocycles. The summed E-state index contributed by atoms with van der Waals surface area (Å²) in [4.78, 5) is 4.03. The van der Waals surface area contributed by atoms with E-state index in [1.165, 1.54) is 0 Å². The zero-order valence-corrected chi connectivity index (χ0v) is 16.9. The topological polar surface area (TPSA) is 54.9 Å². The fourth-order valence-corrected chi connectivity index (χ4v) is 2.09. The van der Waals surface area contributed by atoms with Crippen LogP contribution in [-0.2, 0) is 6.54 Å². The molecule has 0 amide bonds. The van der Waals surface area contributed by atoms with Gasteiger partial charge in [0.2, 0.25) is 0 Å². The zero-order chi connectivity index (χ0) is 18.1. The molecule has 0 unspecified atom stereocenters. The monoisotopic (exact) mass is 477 g/mol. The first-order chi connectivity index (χ1) is 12.1. The maximum atomic E-state index is 13.6. The Morgan fingerprint density at radius 3 is 2.38 bits per heavy atom. The minimum atomic E-state index is -0.478. The molecule has 2 aromatic carbocycles. The largest absolute Gasteiger partial charge is 0.497 e.